The second-order valence-electron chi connectivity index (χ2n) is 5.53. The number of carboxylic acids is 1. The van der Waals surface area contributed by atoms with Crippen molar-refractivity contribution in [2.45, 2.75) is 13.0 Å². The molecule has 2 aromatic rings. The summed E-state index contributed by atoms with van der Waals surface area (Å²) in [5, 5.41) is 20.6. The fourth-order valence-corrected chi connectivity index (χ4v) is 2.22. The van der Waals surface area contributed by atoms with Crippen molar-refractivity contribution in [3.63, 3.8) is 0 Å². The van der Waals surface area contributed by atoms with Crippen LogP contribution in [0, 0.1) is 11.3 Å². The maximum atomic E-state index is 12.3. The first-order valence-corrected chi connectivity index (χ1v) is 7.92. The van der Waals surface area contributed by atoms with Gasteiger partial charge in [0.15, 0.2) is 6.61 Å². The normalized spacial score (nSPS) is 11.9. The van der Waals surface area contributed by atoms with Crippen LogP contribution in [-0.4, -0.2) is 23.6 Å². The largest absolute Gasteiger partial charge is 0.482 e. The molecule has 0 bridgehead atoms. The van der Waals surface area contributed by atoms with Gasteiger partial charge >= 0.3 is 5.97 Å². The van der Waals surface area contributed by atoms with Gasteiger partial charge < -0.3 is 15.2 Å². The Hall–Kier alpha value is -3.59. The molecular weight excluding hydrogens is 332 g/mol. The van der Waals surface area contributed by atoms with Crippen LogP contribution in [0.2, 0.25) is 0 Å². The summed E-state index contributed by atoms with van der Waals surface area (Å²) in [6.07, 6.45) is 1.47. The second kappa shape index (κ2) is 9.04. The molecule has 0 aromatic heterocycles. The summed E-state index contributed by atoms with van der Waals surface area (Å²) >= 11 is 0. The van der Waals surface area contributed by atoms with E-state index in [0.717, 1.165) is 5.56 Å². The van der Waals surface area contributed by atoms with Gasteiger partial charge in [-0.3, -0.25) is 4.79 Å². The molecule has 0 saturated heterocycles. The average Bonchev–Trinajstić information content (AvgIpc) is 2.65. The highest BCUT2D eigenvalue weighted by atomic mass is 16.5. The SMILES string of the molecule is C[C@@H](NC(=O)/C(C#N)=C/c1ccc(OCC(=O)O)cc1)c1ccccc1. The summed E-state index contributed by atoms with van der Waals surface area (Å²) in [4.78, 5) is 22.8. The third-order valence-corrected chi connectivity index (χ3v) is 3.57. The minimum absolute atomic E-state index is 0.0213. The zero-order valence-electron chi connectivity index (χ0n) is 14.2. The van der Waals surface area contributed by atoms with Gasteiger partial charge in [-0.25, -0.2) is 4.79 Å². The van der Waals surface area contributed by atoms with Crippen LogP contribution < -0.4 is 10.1 Å². The third kappa shape index (κ3) is 5.49. The summed E-state index contributed by atoms with van der Waals surface area (Å²) in [6.45, 7) is 1.41. The summed E-state index contributed by atoms with van der Waals surface area (Å²) in [7, 11) is 0. The first-order valence-electron chi connectivity index (χ1n) is 7.92. The Morgan fingerprint density at radius 2 is 1.85 bits per heavy atom. The number of hydrogen-bond acceptors (Lipinski definition) is 4. The van der Waals surface area contributed by atoms with Crippen molar-refractivity contribution < 1.29 is 19.4 Å². The second-order valence-corrected chi connectivity index (χ2v) is 5.53. The molecule has 0 aliphatic heterocycles. The van der Waals surface area contributed by atoms with E-state index in [2.05, 4.69) is 5.32 Å². The molecule has 2 aromatic carbocycles. The Morgan fingerprint density at radius 3 is 2.42 bits per heavy atom. The number of rotatable bonds is 7. The standard InChI is InChI=1S/C20H18N2O4/c1-14(16-5-3-2-4-6-16)22-20(25)17(12-21)11-15-7-9-18(10-8-15)26-13-19(23)24/h2-11,14H,13H2,1H3,(H,22,25)(H,23,24)/b17-11+/t14-/m1/s1. The van der Waals surface area contributed by atoms with E-state index < -0.39 is 18.5 Å². The Balaban J connectivity index is 2.05. The van der Waals surface area contributed by atoms with E-state index in [1.54, 1.807) is 24.3 Å². The van der Waals surface area contributed by atoms with Gasteiger partial charge in [-0.05, 0) is 36.3 Å². The minimum atomic E-state index is -1.06. The fraction of sp³-hybridized carbons (Fsp3) is 0.150. The number of carboxylic acid groups (broad SMARTS) is 1. The van der Waals surface area contributed by atoms with E-state index >= 15 is 0 Å². The fourth-order valence-electron chi connectivity index (χ4n) is 2.22. The molecule has 26 heavy (non-hydrogen) atoms. The number of nitrogens with zero attached hydrogens (tertiary/aromatic N) is 1. The molecule has 0 fully saturated rings. The van der Waals surface area contributed by atoms with Gasteiger partial charge in [0.25, 0.3) is 5.91 Å². The quantitative estimate of drug-likeness (QED) is 0.591. The number of nitrogens with one attached hydrogen (secondary N) is 1. The van der Waals surface area contributed by atoms with Crippen molar-refractivity contribution in [3.8, 4) is 11.8 Å². The van der Waals surface area contributed by atoms with E-state index in [1.807, 2.05) is 43.3 Å². The number of ether oxygens (including phenoxy) is 1. The van der Waals surface area contributed by atoms with Crippen molar-refractivity contribution in [1.29, 1.82) is 5.26 Å². The van der Waals surface area contributed by atoms with Gasteiger partial charge in [0.1, 0.15) is 17.4 Å². The van der Waals surface area contributed by atoms with E-state index in [-0.39, 0.29) is 11.6 Å². The highest BCUT2D eigenvalue weighted by molar-refractivity contribution is 6.01. The van der Waals surface area contributed by atoms with Crippen molar-refractivity contribution in [3.05, 3.63) is 71.3 Å². The molecule has 0 radical (unpaired) electrons. The Labute approximate surface area is 151 Å². The van der Waals surface area contributed by atoms with Gasteiger partial charge in [0, 0.05) is 0 Å². The zero-order chi connectivity index (χ0) is 18.9. The number of amides is 1. The van der Waals surface area contributed by atoms with E-state index in [1.165, 1.54) is 6.08 Å². The van der Waals surface area contributed by atoms with Gasteiger partial charge in [-0.2, -0.15) is 5.26 Å². The number of carbonyl (C=O) groups excluding carboxylic acids is 1. The smallest absolute Gasteiger partial charge is 0.341 e. The molecule has 2 rings (SSSR count). The van der Waals surface area contributed by atoms with E-state index in [4.69, 9.17) is 9.84 Å². The van der Waals surface area contributed by atoms with E-state index in [0.29, 0.717) is 11.3 Å². The molecule has 0 aliphatic carbocycles. The maximum Gasteiger partial charge on any atom is 0.341 e. The highest BCUT2D eigenvalue weighted by Gasteiger charge is 2.13. The number of hydrogen-bond donors (Lipinski definition) is 2. The lowest BCUT2D eigenvalue weighted by molar-refractivity contribution is -0.139. The first kappa shape index (κ1) is 18.7. The van der Waals surface area contributed by atoms with Crippen LogP contribution in [0.5, 0.6) is 5.75 Å². The summed E-state index contributed by atoms with van der Waals surface area (Å²) in [5.41, 5.74) is 1.55. The molecule has 0 spiro atoms. The zero-order valence-corrected chi connectivity index (χ0v) is 14.2. The van der Waals surface area contributed by atoms with Gasteiger partial charge in [0.05, 0.1) is 6.04 Å². The van der Waals surface area contributed by atoms with Crippen LogP contribution in [0.4, 0.5) is 0 Å². The summed E-state index contributed by atoms with van der Waals surface area (Å²) < 4.78 is 5.04. The van der Waals surface area contributed by atoms with E-state index in [9.17, 15) is 14.9 Å². The lowest BCUT2D eigenvalue weighted by atomic mass is 10.1. The van der Waals surface area contributed by atoms with Gasteiger partial charge in [-0.15, -0.1) is 0 Å². The number of nitriles is 1. The molecule has 132 valence electrons. The summed E-state index contributed by atoms with van der Waals surface area (Å²) in [5.74, 6) is -1.13. The number of benzene rings is 2. The topological polar surface area (TPSA) is 99.4 Å². The van der Waals surface area contributed by atoms with Crippen LogP contribution in [0.3, 0.4) is 0 Å². The molecule has 1 atom stereocenters. The summed E-state index contributed by atoms with van der Waals surface area (Å²) in [6, 6.07) is 17.6. The van der Waals surface area contributed by atoms with Crippen LogP contribution in [0.1, 0.15) is 24.1 Å². The average molecular weight is 350 g/mol. The monoisotopic (exact) mass is 350 g/mol. The molecular formula is C20H18N2O4. The van der Waals surface area contributed by atoms with Gasteiger partial charge in [0.2, 0.25) is 0 Å². The van der Waals surface area contributed by atoms with Crippen LogP contribution in [0.15, 0.2) is 60.2 Å². The Bertz CT molecular complexity index is 836. The molecule has 0 unspecified atom stereocenters. The molecule has 0 saturated carbocycles. The number of carbonyl (C=O) groups is 2. The molecule has 1 amide bonds. The van der Waals surface area contributed by atoms with Crippen LogP contribution >= 0.6 is 0 Å². The van der Waals surface area contributed by atoms with Crippen molar-refractivity contribution in [2.24, 2.45) is 0 Å². The Morgan fingerprint density at radius 1 is 1.19 bits per heavy atom. The predicted octanol–water partition coefficient (Wildman–Crippen LogP) is 2.93. The first-order chi connectivity index (χ1) is 12.5. The third-order valence-electron chi connectivity index (χ3n) is 3.57. The molecule has 2 N–H and O–H groups in total. The Kier molecular flexibility index (Phi) is 6.52. The number of aliphatic carboxylic acids is 1. The highest BCUT2D eigenvalue weighted by Crippen LogP contribution is 2.16. The van der Waals surface area contributed by atoms with Crippen molar-refractivity contribution in [1.82, 2.24) is 5.32 Å². The van der Waals surface area contributed by atoms with Gasteiger partial charge in [-0.1, -0.05) is 42.5 Å². The lowest BCUT2D eigenvalue weighted by Gasteiger charge is -2.13. The van der Waals surface area contributed by atoms with Crippen molar-refractivity contribution >= 4 is 18.0 Å². The molecule has 6 heteroatoms. The lowest BCUT2D eigenvalue weighted by Crippen LogP contribution is -2.27. The minimum Gasteiger partial charge on any atom is -0.482 e. The molecule has 6 nitrogen and oxygen atoms in total. The van der Waals surface area contributed by atoms with Crippen LogP contribution in [-0.2, 0) is 9.59 Å². The van der Waals surface area contributed by atoms with Crippen LogP contribution in [0.25, 0.3) is 6.08 Å². The molecule has 0 aliphatic rings. The molecule has 0 heterocycles. The predicted molar refractivity (Wildman–Crippen MR) is 96.2 cm³/mol. The van der Waals surface area contributed by atoms with Crippen molar-refractivity contribution in [2.75, 3.05) is 6.61 Å². The maximum absolute atomic E-state index is 12.3.